The predicted octanol–water partition coefficient (Wildman–Crippen LogP) is 1.16. The van der Waals surface area contributed by atoms with Gasteiger partial charge in [-0.2, -0.15) is 0 Å². The molecule has 0 bridgehead atoms. The molecule has 17 heavy (non-hydrogen) atoms. The molecule has 4 nitrogen and oxygen atoms in total. The molecule has 4 unspecified atom stereocenters. The number of carbonyl (C=O) groups excluding carboxylic acids is 2. The summed E-state index contributed by atoms with van der Waals surface area (Å²) in [6.07, 6.45) is 2.41. The van der Waals surface area contributed by atoms with Crippen LogP contribution in [-0.2, 0) is 9.59 Å². The smallest absolute Gasteiger partial charge is 0.247 e. The second-order valence-corrected chi connectivity index (χ2v) is 5.50. The highest BCUT2D eigenvalue weighted by Crippen LogP contribution is 2.37. The van der Waals surface area contributed by atoms with Gasteiger partial charge in [-0.05, 0) is 38.1 Å². The molecule has 4 atom stereocenters. The summed E-state index contributed by atoms with van der Waals surface area (Å²) in [6.45, 7) is 7.03. The fourth-order valence-corrected chi connectivity index (χ4v) is 2.43. The van der Waals surface area contributed by atoms with Crippen LogP contribution in [0.25, 0.3) is 0 Å². The van der Waals surface area contributed by atoms with Gasteiger partial charge in [0.1, 0.15) is 0 Å². The van der Waals surface area contributed by atoms with Crippen molar-refractivity contribution in [3.63, 3.8) is 0 Å². The molecular formula is C13H22N2O2. The lowest BCUT2D eigenvalue weighted by atomic mass is 10.2. The maximum absolute atomic E-state index is 12.1. The van der Waals surface area contributed by atoms with Crippen LogP contribution in [0.3, 0.4) is 0 Å². The number of nitrogens with zero attached hydrogens (tertiary/aromatic N) is 1. The minimum Gasteiger partial charge on any atom is -0.305 e. The zero-order valence-corrected chi connectivity index (χ0v) is 10.9. The zero-order valence-electron chi connectivity index (χ0n) is 10.9. The Hall–Kier alpha value is -0.900. The fourth-order valence-electron chi connectivity index (χ4n) is 2.43. The van der Waals surface area contributed by atoms with E-state index in [1.54, 1.807) is 0 Å². The molecule has 1 saturated carbocycles. The molecule has 1 aliphatic carbocycles. The highest BCUT2D eigenvalue weighted by Gasteiger charge is 2.41. The van der Waals surface area contributed by atoms with E-state index in [0.29, 0.717) is 12.3 Å². The second kappa shape index (κ2) is 4.77. The van der Waals surface area contributed by atoms with E-state index in [-0.39, 0.29) is 23.9 Å². The lowest BCUT2D eigenvalue weighted by molar-refractivity contribution is -0.141. The van der Waals surface area contributed by atoms with Crippen LogP contribution in [0.5, 0.6) is 0 Å². The Morgan fingerprint density at radius 3 is 2.65 bits per heavy atom. The normalized spacial score (nSPS) is 34.3. The van der Waals surface area contributed by atoms with Crippen molar-refractivity contribution in [1.29, 1.82) is 0 Å². The van der Waals surface area contributed by atoms with Crippen LogP contribution in [0.4, 0.5) is 0 Å². The fraction of sp³-hybridized carbons (Fsp3) is 0.846. The van der Waals surface area contributed by atoms with Crippen LogP contribution >= 0.6 is 0 Å². The third-order valence-corrected chi connectivity index (χ3v) is 4.12. The van der Waals surface area contributed by atoms with Crippen molar-refractivity contribution in [3.8, 4) is 0 Å². The number of likely N-dealkylation sites (tertiary alicyclic amines) is 1. The summed E-state index contributed by atoms with van der Waals surface area (Å²) in [4.78, 5) is 25.3. The first-order chi connectivity index (χ1) is 8.04. The molecular weight excluding hydrogens is 216 g/mol. The largest absolute Gasteiger partial charge is 0.305 e. The van der Waals surface area contributed by atoms with Gasteiger partial charge in [-0.25, -0.2) is 0 Å². The van der Waals surface area contributed by atoms with Gasteiger partial charge in [0.05, 0.1) is 12.5 Å². The van der Waals surface area contributed by atoms with E-state index >= 15 is 0 Å². The first-order valence-electron chi connectivity index (χ1n) is 6.63. The van der Waals surface area contributed by atoms with Crippen molar-refractivity contribution >= 4 is 11.8 Å². The third-order valence-electron chi connectivity index (χ3n) is 4.12. The Balaban J connectivity index is 1.88. The molecule has 0 spiro atoms. The van der Waals surface area contributed by atoms with E-state index in [4.69, 9.17) is 0 Å². The maximum Gasteiger partial charge on any atom is 0.247 e. The zero-order chi connectivity index (χ0) is 12.6. The summed E-state index contributed by atoms with van der Waals surface area (Å²) in [5.74, 6) is 1.43. The highest BCUT2D eigenvalue weighted by molar-refractivity contribution is 6.05. The minimum atomic E-state index is -0.274. The molecule has 2 rings (SSSR count). The summed E-state index contributed by atoms with van der Waals surface area (Å²) in [7, 11) is 0. The molecule has 1 aliphatic heterocycles. The summed E-state index contributed by atoms with van der Waals surface area (Å²) in [5, 5.41) is 3.25. The third kappa shape index (κ3) is 2.51. The minimum absolute atomic E-state index is 0.0225. The molecule has 2 amide bonds. The molecule has 2 fully saturated rings. The number of imide groups is 1. The molecule has 0 radical (unpaired) electrons. The van der Waals surface area contributed by atoms with Crippen molar-refractivity contribution in [2.45, 2.75) is 52.1 Å². The molecule has 4 heteroatoms. The predicted molar refractivity (Wildman–Crippen MR) is 65.3 cm³/mol. The number of hydrogen-bond acceptors (Lipinski definition) is 3. The molecule has 0 aromatic heterocycles. The van der Waals surface area contributed by atoms with Gasteiger partial charge >= 0.3 is 0 Å². The Kier molecular flexibility index (Phi) is 3.52. The number of carbonyl (C=O) groups is 2. The van der Waals surface area contributed by atoms with Crippen LogP contribution in [0.1, 0.15) is 40.0 Å². The number of nitrogens with one attached hydrogen (secondary N) is 1. The van der Waals surface area contributed by atoms with Gasteiger partial charge in [-0.3, -0.25) is 14.5 Å². The van der Waals surface area contributed by atoms with Gasteiger partial charge in [0.15, 0.2) is 0 Å². The van der Waals surface area contributed by atoms with E-state index in [2.05, 4.69) is 12.2 Å². The molecule has 0 aromatic rings. The summed E-state index contributed by atoms with van der Waals surface area (Å²) >= 11 is 0. The van der Waals surface area contributed by atoms with Crippen LogP contribution < -0.4 is 5.32 Å². The standard InChI is InChI=1S/C13H22N2O2/c1-4-9(3)15-12(16)6-11(13(15)17)14-7-10-5-8(10)2/h8-11,14H,4-7H2,1-3H3. The van der Waals surface area contributed by atoms with Gasteiger partial charge in [-0.1, -0.05) is 13.8 Å². The average molecular weight is 238 g/mol. The Labute approximate surface area is 103 Å². The second-order valence-electron chi connectivity index (χ2n) is 5.50. The van der Waals surface area contributed by atoms with Crippen molar-refractivity contribution < 1.29 is 9.59 Å². The Morgan fingerprint density at radius 2 is 2.12 bits per heavy atom. The van der Waals surface area contributed by atoms with Crippen LogP contribution in [0.15, 0.2) is 0 Å². The topological polar surface area (TPSA) is 49.4 Å². The van der Waals surface area contributed by atoms with Gasteiger partial charge in [0.25, 0.3) is 0 Å². The molecule has 1 N–H and O–H groups in total. The molecule has 2 aliphatic rings. The van der Waals surface area contributed by atoms with E-state index in [1.807, 2.05) is 13.8 Å². The summed E-state index contributed by atoms with van der Waals surface area (Å²) in [5.41, 5.74) is 0. The first kappa shape index (κ1) is 12.6. The quantitative estimate of drug-likeness (QED) is 0.731. The lowest BCUT2D eigenvalue weighted by Crippen LogP contribution is -2.43. The van der Waals surface area contributed by atoms with Crippen LogP contribution in [-0.4, -0.2) is 35.3 Å². The van der Waals surface area contributed by atoms with Crippen molar-refractivity contribution in [3.05, 3.63) is 0 Å². The van der Waals surface area contributed by atoms with E-state index in [9.17, 15) is 9.59 Å². The van der Waals surface area contributed by atoms with Crippen LogP contribution in [0.2, 0.25) is 0 Å². The Bertz CT molecular complexity index is 329. The number of hydrogen-bond donors (Lipinski definition) is 1. The summed E-state index contributed by atoms with van der Waals surface area (Å²) in [6, 6.07) is -0.244. The van der Waals surface area contributed by atoms with Gasteiger partial charge in [-0.15, -0.1) is 0 Å². The summed E-state index contributed by atoms with van der Waals surface area (Å²) < 4.78 is 0. The molecule has 96 valence electrons. The molecule has 1 heterocycles. The van der Waals surface area contributed by atoms with E-state index in [1.165, 1.54) is 11.3 Å². The lowest BCUT2D eigenvalue weighted by Gasteiger charge is -2.21. The van der Waals surface area contributed by atoms with Crippen LogP contribution in [0, 0.1) is 11.8 Å². The maximum atomic E-state index is 12.1. The van der Waals surface area contributed by atoms with Crippen molar-refractivity contribution in [2.24, 2.45) is 11.8 Å². The van der Waals surface area contributed by atoms with Crippen molar-refractivity contribution in [2.75, 3.05) is 6.54 Å². The molecule has 0 aromatic carbocycles. The molecule has 1 saturated heterocycles. The van der Waals surface area contributed by atoms with E-state index in [0.717, 1.165) is 18.9 Å². The van der Waals surface area contributed by atoms with E-state index < -0.39 is 0 Å². The average Bonchev–Trinajstić information content (AvgIpc) is 2.92. The highest BCUT2D eigenvalue weighted by atomic mass is 16.2. The first-order valence-corrected chi connectivity index (χ1v) is 6.63. The van der Waals surface area contributed by atoms with Gasteiger partial charge < -0.3 is 5.32 Å². The van der Waals surface area contributed by atoms with Gasteiger partial charge in [0.2, 0.25) is 11.8 Å². The van der Waals surface area contributed by atoms with Crippen molar-refractivity contribution in [1.82, 2.24) is 10.2 Å². The monoisotopic (exact) mass is 238 g/mol. The SMILES string of the molecule is CCC(C)N1C(=O)CC(NCC2CC2C)C1=O. The number of rotatable bonds is 5. The van der Waals surface area contributed by atoms with Gasteiger partial charge in [0, 0.05) is 6.04 Å². The Morgan fingerprint density at radius 1 is 1.47 bits per heavy atom. The number of amides is 2.